The van der Waals surface area contributed by atoms with Crippen molar-refractivity contribution in [2.24, 2.45) is 0 Å². The minimum absolute atomic E-state index is 0.242. The Morgan fingerprint density at radius 2 is 1.74 bits per heavy atom. The fourth-order valence-electron chi connectivity index (χ4n) is 1.68. The maximum Gasteiger partial charge on any atom is 0.338 e. The van der Waals surface area contributed by atoms with Gasteiger partial charge < -0.3 is 9.84 Å². The van der Waals surface area contributed by atoms with Crippen molar-refractivity contribution in [3.05, 3.63) is 71.0 Å². The lowest BCUT2D eigenvalue weighted by molar-refractivity contribution is 0.0691. The molecule has 0 saturated heterocycles. The minimum Gasteiger partial charge on any atom is -0.478 e. The quantitative estimate of drug-likeness (QED) is 0.897. The fourth-order valence-corrected chi connectivity index (χ4v) is 1.68. The van der Waals surface area contributed by atoms with Gasteiger partial charge in [0.1, 0.15) is 5.82 Å². The Labute approximate surface area is 110 Å². The molecule has 0 aliphatic heterocycles. The first-order valence-corrected chi connectivity index (χ1v) is 5.80. The van der Waals surface area contributed by atoms with E-state index in [-0.39, 0.29) is 12.2 Å². The first-order chi connectivity index (χ1) is 9.16. The van der Waals surface area contributed by atoms with Crippen molar-refractivity contribution in [1.82, 2.24) is 0 Å². The van der Waals surface area contributed by atoms with Gasteiger partial charge >= 0.3 is 5.97 Å². The zero-order valence-corrected chi connectivity index (χ0v) is 10.2. The Hall–Kier alpha value is -2.20. The lowest BCUT2D eigenvalue weighted by Crippen LogP contribution is -2.02. The number of benzene rings is 2. The molecule has 1 N–H and O–H groups in total. The lowest BCUT2D eigenvalue weighted by Gasteiger charge is -2.05. The average molecular weight is 260 g/mol. The van der Waals surface area contributed by atoms with Gasteiger partial charge in [-0.1, -0.05) is 36.4 Å². The number of rotatable bonds is 5. The number of hydrogen-bond donors (Lipinski definition) is 1. The third kappa shape index (κ3) is 3.63. The molecule has 2 aromatic rings. The third-order valence-corrected chi connectivity index (χ3v) is 2.64. The van der Waals surface area contributed by atoms with E-state index in [0.29, 0.717) is 12.2 Å². The summed E-state index contributed by atoms with van der Waals surface area (Å²) in [6.45, 7) is 0.675. The van der Waals surface area contributed by atoms with Gasteiger partial charge in [-0.2, -0.15) is 0 Å². The lowest BCUT2D eigenvalue weighted by atomic mass is 10.1. The smallest absolute Gasteiger partial charge is 0.338 e. The van der Waals surface area contributed by atoms with Gasteiger partial charge in [0.05, 0.1) is 18.8 Å². The second kappa shape index (κ2) is 6.11. The topological polar surface area (TPSA) is 46.5 Å². The molecule has 2 rings (SSSR count). The zero-order valence-electron chi connectivity index (χ0n) is 10.2. The maximum atomic E-state index is 13.4. The molecule has 2 aromatic carbocycles. The van der Waals surface area contributed by atoms with Gasteiger partial charge in [-0.15, -0.1) is 0 Å². The van der Waals surface area contributed by atoms with Crippen molar-refractivity contribution in [3.63, 3.8) is 0 Å². The van der Waals surface area contributed by atoms with E-state index in [9.17, 15) is 9.18 Å². The molecule has 4 heteroatoms. The number of hydrogen-bond acceptors (Lipinski definition) is 2. The van der Waals surface area contributed by atoms with Crippen LogP contribution in [-0.2, 0) is 18.0 Å². The van der Waals surface area contributed by atoms with Crippen LogP contribution in [0.15, 0.2) is 48.5 Å². The highest BCUT2D eigenvalue weighted by atomic mass is 19.1. The van der Waals surface area contributed by atoms with Crippen molar-refractivity contribution in [2.45, 2.75) is 13.2 Å². The van der Waals surface area contributed by atoms with Gasteiger partial charge in [0.25, 0.3) is 0 Å². The molecule has 0 unspecified atom stereocenters. The van der Waals surface area contributed by atoms with Crippen LogP contribution in [0.4, 0.5) is 4.39 Å². The van der Waals surface area contributed by atoms with Crippen LogP contribution in [0.1, 0.15) is 21.5 Å². The van der Waals surface area contributed by atoms with Crippen molar-refractivity contribution in [3.8, 4) is 0 Å². The summed E-state index contributed by atoms with van der Waals surface area (Å²) >= 11 is 0. The molecule has 0 aliphatic rings. The normalized spacial score (nSPS) is 10.4. The largest absolute Gasteiger partial charge is 0.478 e. The van der Waals surface area contributed by atoms with Gasteiger partial charge in [-0.05, 0) is 23.3 Å². The molecule has 0 heterocycles. The van der Waals surface area contributed by atoms with Crippen LogP contribution in [-0.4, -0.2) is 11.1 Å². The van der Waals surface area contributed by atoms with Gasteiger partial charge in [0.15, 0.2) is 0 Å². The molecule has 0 spiro atoms. The van der Waals surface area contributed by atoms with Gasteiger partial charge in [0.2, 0.25) is 0 Å². The zero-order chi connectivity index (χ0) is 13.7. The highest BCUT2D eigenvalue weighted by molar-refractivity contribution is 5.87. The summed E-state index contributed by atoms with van der Waals surface area (Å²) < 4.78 is 18.9. The van der Waals surface area contributed by atoms with Crippen LogP contribution in [0.2, 0.25) is 0 Å². The Bertz CT molecular complexity index is 567. The molecule has 3 nitrogen and oxygen atoms in total. The monoisotopic (exact) mass is 260 g/mol. The summed E-state index contributed by atoms with van der Waals surface area (Å²) in [6, 6.07) is 13.6. The highest BCUT2D eigenvalue weighted by Crippen LogP contribution is 2.12. The van der Waals surface area contributed by atoms with Crippen LogP contribution in [0.25, 0.3) is 0 Å². The maximum absolute atomic E-state index is 13.4. The highest BCUT2D eigenvalue weighted by Gasteiger charge is 2.10. The second-order valence-electron chi connectivity index (χ2n) is 4.10. The van der Waals surface area contributed by atoms with Crippen molar-refractivity contribution in [1.29, 1.82) is 0 Å². The Kier molecular flexibility index (Phi) is 4.26. The molecule has 0 aromatic heterocycles. The minimum atomic E-state index is -1.27. The predicted octanol–water partition coefficient (Wildman–Crippen LogP) is 3.24. The Morgan fingerprint density at radius 3 is 2.37 bits per heavy atom. The number of aromatic carboxylic acids is 1. The average Bonchev–Trinajstić information content (AvgIpc) is 2.39. The molecule has 0 aliphatic carbocycles. The number of carbonyl (C=O) groups is 1. The van der Waals surface area contributed by atoms with Crippen LogP contribution in [0.3, 0.4) is 0 Å². The molecule has 0 radical (unpaired) electrons. The number of halogens is 1. The van der Waals surface area contributed by atoms with E-state index in [1.807, 2.05) is 30.3 Å². The van der Waals surface area contributed by atoms with Gasteiger partial charge in [-0.3, -0.25) is 0 Å². The number of carboxylic acids is 1. The van der Waals surface area contributed by atoms with E-state index in [1.54, 1.807) is 6.07 Å². The molecular weight excluding hydrogens is 247 g/mol. The van der Waals surface area contributed by atoms with Crippen LogP contribution in [0, 0.1) is 5.82 Å². The van der Waals surface area contributed by atoms with Crippen molar-refractivity contribution < 1.29 is 19.0 Å². The molecule has 0 atom stereocenters. The van der Waals surface area contributed by atoms with Crippen LogP contribution >= 0.6 is 0 Å². The summed E-state index contributed by atoms with van der Waals surface area (Å²) in [7, 11) is 0. The second-order valence-corrected chi connectivity index (χ2v) is 4.10. The fraction of sp³-hybridized carbons (Fsp3) is 0.133. The first kappa shape index (κ1) is 13.2. The number of ether oxygens (including phenoxy) is 1. The molecule has 19 heavy (non-hydrogen) atoms. The Morgan fingerprint density at radius 1 is 1.05 bits per heavy atom. The van der Waals surface area contributed by atoms with Gasteiger partial charge in [-0.25, -0.2) is 9.18 Å². The summed E-state index contributed by atoms with van der Waals surface area (Å²) in [6.07, 6.45) is 0. The van der Waals surface area contributed by atoms with E-state index in [2.05, 4.69) is 0 Å². The van der Waals surface area contributed by atoms with E-state index in [1.165, 1.54) is 12.1 Å². The number of carboxylic acid groups (broad SMARTS) is 1. The van der Waals surface area contributed by atoms with Crippen molar-refractivity contribution in [2.75, 3.05) is 0 Å². The molecule has 0 saturated carbocycles. The van der Waals surface area contributed by atoms with Crippen molar-refractivity contribution >= 4 is 5.97 Å². The van der Waals surface area contributed by atoms with E-state index >= 15 is 0 Å². The van der Waals surface area contributed by atoms with E-state index < -0.39 is 11.8 Å². The molecular formula is C15H13FO3. The molecule has 0 fully saturated rings. The van der Waals surface area contributed by atoms with Gasteiger partial charge in [0, 0.05) is 0 Å². The molecule has 98 valence electrons. The molecule has 0 amide bonds. The predicted molar refractivity (Wildman–Crippen MR) is 68.3 cm³/mol. The van der Waals surface area contributed by atoms with Crippen LogP contribution in [0.5, 0.6) is 0 Å². The van der Waals surface area contributed by atoms with E-state index in [0.717, 1.165) is 5.56 Å². The third-order valence-electron chi connectivity index (χ3n) is 2.64. The summed E-state index contributed by atoms with van der Waals surface area (Å²) in [5.74, 6) is -2.01. The Balaban J connectivity index is 1.93. The van der Waals surface area contributed by atoms with E-state index in [4.69, 9.17) is 9.84 Å². The van der Waals surface area contributed by atoms with Crippen LogP contribution < -0.4 is 0 Å². The summed E-state index contributed by atoms with van der Waals surface area (Å²) in [5, 5.41) is 8.71. The summed E-state index contributed by atoms with van der Waals surface area (Å²) in [5.41, 5.74) is 1.32. The summed E-state index contributed by atoms with van der Waals surface area (Å²) in [4.78, 5) is 10.7. The standard InChI is InChI=1S/C15H13FO3/c16-14-8-12(6-7-13(14)15(17)18)10-19-9-11-4-2-1-3-5-11/h1-8H,9-10H2,(H,17,18). The SMILES string of the molecule is O=C(O)c1ccc(COCc2ccccc2)cc1F. The molecule has 0 bridgehead atoms. The first-order valence-electron chi connectivity index (χ1n) is 5.80.